The summed E-state index contributed by atoms with van der Waals surface area (Å²) in [4.78, 5) is 21.7. The Morgan fingerprint density at radius 2 is 2.27 bits per heavy atom. The maximum atomic E-state index is 13.2. The third kappa shape index (κ3) is 2.17. The molecule has 0 unspecified atom stereocenters. The Hall–Kier alpha value is -1.98. The number of nitrogen functional groups attached to an aromatic ring is 1. The van der Waals surface area contributed by atoms with Crippen LogP contribution in [0.15, 0.2) is 22.8 Å². The van der Waals surface area contributed by atoms with Crippen LogP contribution in [0, 0.1) is 0 Å². The van der Waals surface area contributed by atoms with E-state index in [2.05, 4.69) is 15.0 Å². The molecular formula is C11H11F2N5O3S. The van der Waals surface area contributed by atoms with Crippen molar-refractivity contribution in [3.8, 4) is 0 Å². The highest BCUT2D eigenvalue weighted by atomic mass is 32.2. The molecule has 0 aliphatic carbocycles. The highest BCUT2D eigenvalue weighted by molar-refractivity contribution is 8.00. The molecule has 5 N–H and O–H groups in total. The van der Waals surface area contributed by atoms with Gasteiger partial charge in [0.1, 0.15) is 5.37 Å². The van der Waals surface area contributed by atoms with Crippen molar-refractivity contribution in [3.05, 3.63) is 28.3 Å². The van der Waals surface area contributed by atoms with E-state index in [0.29, 0.717) is 0 Å². The van der Waals surface area contributed by atoms with Crippen LogP contribution in [0.5, 0.6) is 0 Å². The number of H-pyrrole nitrogens is 1. The fourth-order valence-electron chi connectivity index (χ4n) is 2.34. The van der Waals surface area contributed by atoms with Crippen molar-refractivity contribution in [1.82, 2.24) is 19.5 Å². The van der Waals surface area contributed by atoms with Gasteiger partial charge in [0.15, 0.2) is 11.2 Å². The van der Waals surface area contributed by atoms with E-state index in [4.69, 9.17) is 5.73 Å². The predicted octanol–water partition coefficient (Wildman–Crippen LogP) is -0.180. The van der Waals surface area contributed by atoms with Gasteiger partial charge in [0, 0.05) is 0 Å². The lowest BCUT2D eigenvalue weighted by Gasteiger charge is -2.13. The lowest BCUT2D eigenvalue weighted by atomic mass is 10.1. The number of anilines is 1. The molecule has 1 fully saturated rings. The molecule has 22 heavy (non-hydrogen) atoms. The highest BCUT2D eigenvalue weighted by Gasteiger charge is 2.42. The molecule has 0 aromatic carbocycles. The third-order valence-corrected chi connectivity index (χ3v) is 4.84. The number of nitrogens with one attached hydrogen (secondary N) is 1. The second kappa shape index (κ2) is 5.34. The van der Waals surface area contributed by atoms with Crippen LogP contribution in [-0.2, 0) is 0 Å². The largest absolute Gasteiger partial charge is 0.395 e. The van der Waals surface area contributed by atoms with Crippen LogP contribution in [0.25, 0.3) is 11.2 Å². The first-order valence-corrected chi connectivity index (χ1v) is 7.10. The van der Waals surface area contributed by atoms with Crippen LogP contribution >= 0.6 is 11.8 Å². The van der Waals surface area contributed by atoms with Gasteiger partial charge in [0.25, 0.3) is 11.6 Å². The Morgan fingerprint density at radius 1 is 1.55 bits per heavy atom. The molecule has 0 spiro atoms. The minimum Gasteiger partial charge on any atom is -0.395 e. The third-order valence-electron chi connectivity index (χ3n) is 3.34. The van der Waals surface area contributed by atoms with Gasteiger partial charge in [-0.15, -0.1) is 11.8 Å². The van der Waals surface area contributed by atoms with Gasteiger partial charge in [0.05, 0.1) is 29.9 Å². The lowest BCUT2D eigenvalue weighted by Crippen LogP contribution is -2.23. The fraction of sp³-hybridized carbons (Fsp3) is 0.364. The number of fused-ring (bicyclic) bond motifs is 1. The molecule has 2 aromatic heterocycles. The summed E-state index contributed by atoms with van der Waals surface area (Å²) in [6.45, 7) is -0.470. The number of aliphatic hydroxyl groups excluding tert-OH is 2. The van der Waals surface area contributed by atoms with Gasteiger partial charge in [-0.3, -0.25) is 14.3 Å². The fourth-order valence-corrected chi connectivity index (χ4v) is 3.71. The van der Waals surface area contributed by atoms with Crippen LogP contribution in [0.1, 0.15) is 5.37 Å². The number of nitrogens with two attached hydrogens (primary N) is 1. The zero-order valence-corrected chi connectivity index (χ0v) is 11.7. The molecule has 3 atom stereocenters. The Balaban J connectivity index is 2.19. The number of aromatic amines is 1. The van der Waals surface area contributed by atoms with E-state index in [1.165, 1.54) is 10.9 Å². The molecule has 3 rings (SSSR count). The molecule has 118 valence electrons. The van der Waals surface area contributed by atoms with Gasteiger partial charge >= 0.3 is 0 Å². The molecule has 0 amide bonds. The van der Waals surface area contributed by atoms with E-state index in [1.807, 2.05) is 0 Å². The van der Waals surface area contributed by atoms with Crippen molar-refractivity contribution in [3.63, 3.8) is 0 Å². The van der Waals surface area contributed by atoms with Crippen molar-refractivity contribution in [2.45, 2.75) is 16.7 Å². The summed E-state index contributed by atoms with van der Waals surface area (Å²) in [5.41, 5.74) is 4.32. The molecule has 0 bridgehead atoms. The van der Waals surface area contributed by atoms with E-state index in [0.717, 1.165) is 11.8 Å². The summed E-state index contributed by atoms with van der Waals surface area (Å²) in [5.74, 6) is -0.173. The maximum Gasteiger partial charge on any atom is 0.280 e. The smallest absolute Gasteiger partial charge is 0.280 e. The SMILES string of the molecule is Nc1nc2c(ncn2[C@@H]2S[C@H](CO)[C@@H](O)C2=C(F)F)c(=O)[nH]1. The van der Waals surface area contributed by atoms with Crippen LogP contribution in [0.3, 0.4) is 0 Å². The van der Waals surface area contributed by atoms with Crippen molar-refractivity contribution >= 4 is 28.9 Å². The van der Waals surface area contributed by atoms with Crippen LogP contribution in [-0.4, -0.2) is 47.7 Å². The summed E-state index contributed by atoms with van der Waals surface area (Å²) < 4.78 is 27.6. The Labute approximate surface area is 125 Å². The second-order valence-electron chi connectivity index (χ2n) is 4.65. The molecule has 11 heteroatoms. The minimum atomic E-state index is -2.04. The van der Waals surface area contributed by atoms with Crippen molar-refractivity contribution in [2.75, 3.05) is 12.3 Å². The number of halogens is 2. The molecule has 1 saturated heterocycles. The number of aromatic nitrogens is 4. The average Bonchev–Trinajstić information content (AvgIpc) is 2.99. The summed E-state index contributed by atoms with van der Waals surface area (Å²) in [7, 11) is 0. The molecular weight excluding hydrogens is 320 g/mol. The standard InChI is InChI=1S/C11H11F2N5O3S/c12-7(13)4-6(20)3(1-19)22-10(4)18-2-15-5-8(18)16-11(14)17-9(5)21/h2-3,6,10,19-20H,1H2,(H3,14,16,17,21)/t3-,6-,10-/m1/s1. The first-order chi connectivity index (χ1) is 10.4. The van der Waals surface area contributed by atoms with E-state index in [1.54, 1.807) is 0 Å². The van der Waals surface area contributed by atoms with Gasteiger partial charge in [-0.1, -0.05) is 0 Å². The molecule has 1 aliphatic rings. The zero-order valence-electron chi connectivity index (χ0n) is 10.9. The second-order valence-corrected chi connectivity index (χ2v) is 5.97. The number of thioether (sulfide) groups is 1. The summed E-state index contributed by atoms with van der Waals surface area (Å²) in [5, 5.41) is 17.3. The minimum absolute atomic E-state index is 0.0308. The van der Waals surface area contributed by atoms with Crippen molar-refractivity contribution in [2.24, 2.45) is 0 Å². The van der Waals surface area contributed by atoms with Gasteiger partial charge < -0.3 is 15.9 Å². The molecule has 8 nitrogen and oxygen atoms in total. The van der Waals surface area contributed by atoms with Crippen LogP contribution < -0.4 is 11.3 Å². The van der Waals surface area contributed by atoms with Crippen LogP contribution in [0.4, 0.5) is 14.7 Å². The van der Waals surface area contributed by atoms with E-state index in [-0.39, 0.29) is 17.1 Å². The van der Waals surface area contributed by atoms with Crippen molar-refractivity contribution in [1.29, 1.82) is 0 Å². The van der Waals surface area contributed by atoms with E-state index in [9.17, 15) is 23.8 Å². The van der Waals surface area contributed by atoms with E-state index < -0.39 is 40.5 Å². The molecule has 3 heterocycles. The Kier molecular flexibility index (Phi) is 3.62. The molecule has 0 radical (unpaired) electrons. The predicted molar refractivity (Wildman–Crippen MR) is 75.3 cm³/mol. The summed E-state index contributed by atoms with van der Waals surface area (Å²) >= 11 is 0.932. The average molecular weight is 331 g/mol. The summed E-state index contributed by atoms with van der Waals surface area (Å²) in [6, 6.07) is 0. The Bertz CT molecular complexity index is 816. The zero-order chi connectivity index (χ0) is 16.0. The first kappa shape index (κ1) is 14.9. The van der Waals surface area contributed by atoms with Gasteiger partial charge in [-0.05, 0) is 0 Å². The van der Waals surface area contributed by atoms with Crippen molar-refractivity contribution < 1.29 is 19.0 Å². The van der Waals surface area contributed by atoms with Crippen LogP contribution in [0.2, 0.25) is 0 Å². The normalized spacial score (nSPS) is 25.1. The molecule has 1 aliphatic heterocycles. The number of rotatable bonds is 2. The topological polar surface area (TPSA) is 130 Å². The Morgan fingerprint density at radius 3 is 2.91 bits per heavy atom. The first-order valence-electron chi connectivity index (χ1n) is 6.15. The number of aliphatic hydroxyl groups is 2. The molecule has 0 saturated carbocycles. The maximum absolute atomic E-state index is 13.2. The number of hydrogen-bond donors (Lipinski definition) is 4. The molecule has 2 aromatic rings. The van der Waals surface area contributed by atoms with Gasteiger partial charge in [-0.2, -0.15) is 13.8 Å². The van der Waals surface area contributed by atoms with E-state index >= 15 is 0 Å². The number of nitrogens with zero attached hydrogens (tertiary/aromatic N) is 3. The number of hydrogen-bond acceptors (Lipinski definition) is 7. The lowest BCUT2D eigenvalue weighted by molar-refractivity contribution is 0.165. The monoisotopic (exact) mass is 331 g/mol. The van der Waals surface area contributed by atoms with Gasteiger partial charge in [0.2, 0.25) is 5.95 Å². The summed E-state index contributed by atoms with van der Waals surface area (Å²) in [6.07, 6.45) is -2.36. The van der Waals surface area contributed by atoms with Gasteiger partial charge in [-0.25, -0.2) is 4.98 Å². The highest BCUT2D eigenvalue weighted by Crippen LogP contribution is 2.48. The quantitative estimate of drug-likeness (QED) is 0.600. The number of imidazole rings is 1.